The van der Waals surface area contributed by atoms with Gasteiger partial charge in [0.05, 0.1) is 0 Å². The molecule has 8 heteroatoms. The molecule has 0 aliphatic carbocycles. The Hall–Kier alpha value is -2.12. The Bertz CT molecular complexity index is 316. The van der Waals surface area contributed by atoms with Crippen LogP contribution < -0.4 is 21.3 Å². The molecule has 112 valence electrons. The summed E-state index contributed by atoms with van der Waals surface area (Å²) in [6, 6.07) is 0. The third-order valence-electron chi connectivity index (χ3n) is 2.64. The molecule has 1 rings (SSSR count). The van der Waals surface area contributed by atoms with E-state index in [0.717, 1.165) is 0 Å². The lowest BCUT2D eigenvalue weighted by Gasteiger charge is -2.10. The van der Waals surface area contributed by atoms with Crippen LogP contribution in [-0.4, -0.2) is 49.8 Å². The van der Waals surface area contributed by atoms with Gasteiger partial charge in [-0.25, -0.2) is 0 Å². The molecule has 0 atom stereocenters. The third-order valence-corrected chi connectivity index (χ3v) is 2.64. The Morgan fingerprint density at radius 1 is 0.500 bits per heavy atom. The summed E-state index contributed by atoms with van der Waals surface area (Å²) in [6.45, 7) is 1.49. The summed E-state index contributed by atoms with van der Waals surface area (Å²) >= 11 is 0. The normalized spacial score (nSPS) is 20.4. The van der Waals surface area contributed by atoms with Gasteiger partial charge in [0, 0.05) is 26.2 Å². The molecule has 0 spiro atoms. The number of hydrogen-bond acceptors (Lipinski definition) is 4. The molecule has 0 saturated carbocycles. The van der Waals surface area contributed by atoms with E-state index in [4.69, 9.17) is 0 Å². The lowest BCUT2D eigenvalue weighted by molar-refractivity contribution is -0.130. The van der Waals surface area contributed by atoms with Gasteiger partial charge in [-0.3, -0.25) is 19.2 Å². The van der Waals surface area contributed by atoms with Gasteiger partial charge in [-0.1, -0.05) is 0 Å². The first-order valence-electron chi connectivity index (χ1n) is 6.64. The zero-order valence-electron chi connectivity index (χ0n) is 11.3. The van der Waals surface area contributed by atoms with Crippen LogP contribution in [0.2, 0.25) is 0 Å². The fourth-order valence-electron chi connectivity index (χ4n) is 1.63. The van der Waals surface area contributed by atoms with Crippen molar-refractivity contribution < 1.29 is 19.2 Å². The highest BCUT2D eigenvalue weighted by molar-refractivity contribution is 5.97. The lowest BCUT2D eigenvalue weighted by atomic mass is 10.3. The van der Waals surface area contributed by atoms with E-state index < -0.39 is 0 Å². The molecular weight excluding hydrogens is 264 g/mol. The van der Waals surface area contributed by atoms with Crippen LogP contribution in [0.3, 0.4) is 0 Å². The van der Waals surface area contributed by atoms with E-state index in [1.165, 1.54) is 0 Å². The maximum Gasteiger partial charge on any atom is 0.229 e. The minimum atomic E-state index is -0.339. The van der Waals surface area contributed by atoms with Crippen LogP contribution in [0.15, 0.2) is 0 Å². The fourth-order valence-corrected chi connectivity index (χ4v) is 1.63. The number of hydrogen-bond donors (Lipinski definition) is 4. The number of amides is 4. The molecule has 0 aromatic carbocycles. The van der Waals surface area contributed by atoms with Crippen molar-refractivity contribution in [2.75, 3.05) is 26.2 Å². The Kier molecular flexibility index (Phi) is 7.08. The molecule has 8 nitrogen and oxygen atoms in total. The number of nitrogens with one attached hydrogen (secondary N) is 4. The largest absolute Gasteiger partial charge is 0.356 e. The molecule has 0 aromatic rings. The molecule has 0 bridgehead atoms. The van der Waals surface area contributed by atoms with Gasteiger partial charge in [0.15, 0.2) is 0 Å². The molecule has 1 saturated heterocycles. The van der Waals surface area contributed by atoms with Gasteiger partial charge in [0.25, 0.3) is 0 Å². The minimum absolute atomic E-state index is 0.210. The van der Waals surface area contributed by atoms with Gasteiger partial charge in [-0.15, -0.1) is 0 Å². The van der Waals surface area contributed by atoms with Crippen LogP contribution in [0, 0.1) is 0 Å². The van der Waals surface area contributed by atoms with Gasteiger partial charge in [0.2, 0.25) is 23.6 Å². The van der Waals surface area contributed by atoms with Crippen molar-refractivity contribution in [2.45, 2.75) is 25.7 Å². The molecular formula is C12H20N4O4. The third kappa shape index (κ3) is 7.34. The highest BCUT2D eigenvalue weighted by Crippen LogP contribution is 1.86. The van der Waals surface area contributed by atoms with Crippen LogP contribution in [0.1, 0.15) is 25.7 Å². The first kappa shape index (κ1) is 15.9. The van der Waals surface area contributed by atoms with Crippen LogP contribution in [-0.2, 0) is 19.2 Å². The van der Waals surface area contributed by atoms with Crippen LogP contribution in [0.5, 0.6) is 0 Å². The Morgan fingerprint density at radius 3 is 1.00 bits per heavy atom. The van der Waals surface area contributed by atoms with Crippen molar-refractivity contribution >= 4 is 23.6 Å². The van der Waals surface area contributed by atoms with E-state index in [1.807, 2.05) is 0 Å². The van der Waals surface area contributed by atoms with E-state index in [9.17, 15) is 19.2 Å². The van der Waals surface area contributed by atoms with E-state index in [-0.39, 0.29) is 36.5 Å². The highest BCUT2D eigenvalue weighted by Gasteiger charge is 2.10. The average molecular weight is 284 g/mol. The molecule has 20 heavy (non-hydrogen) atoms. The van der Waals surface area contributed by atoms with Gasteiger partial charge in [-0.05, 0) is 12.8 Å². The molecule has 1 fully saturated rings. The van der Waals surface area contributed by atoms with Crippen molar-refractivity contribution in [2.24, 2.45) is 0 Å². The highest BCUT2D eigenvalue weighted by atomic mass is 16.2. The van der Waals surface area contributed by atoms with Crippen LogP contribution >= 0.6 is 0 Å². The van der Waals surface area contributed by atoms with E-state index >= 15 is 0 Å². The van der Waals surface area contributed by atoms with Gasteiger partial charge < -0.3 is 21.3 Å². The van der Waals surface area contributed by atoms with E-state index in [0.29, 0.717) is 39.0 Å². The molecule has 1 heterocycles. The van der Waals surface area contributed by atoms with Crippen molar-refractivity contribution in [3.05, 3.63) is 0 Å². The molecule has 0 aromatic heterocycles. The second-order valence-electron chi connectivity index (χ2n) is 4.46. The van der Waals surface area contributed by atoms with Crippen molar-refractivity contribution in [1.82, 2.24) is 21.3 Å². The van der Waals surface area contributed by atoms with Crippen molar-refractivity contribution in [1.29, 1.82) is 0 Å². The predicted molar refractivity (Wildman–Crippen MR) is 70.5 cm³/mol. The molecule has 0 unspecified atom stereocenters. The summed E-state index contributed by atoms with van der Waals surface area (Å²) in [5.41, 5.74) is 0. The zero-order chi connectivity index (χ0) is 14.8. The smallest absolute Gasteiger partial charge is 0.229 e. The molecule has 4 amide bonds. The molecule has 4 N–H and O–H groups in total. The monoisotopic (exact) mass is 284 g/mol. The summed E-state index contributed by atoms with van der Waals surface area (Å²) in [5, 5.41) is 10.4. The Balaban J connectivity index is 2.41. The molecule has 1 aliphatic heterocycles. The summed E-state index contributed by atoms with van der Waals surface area (Å²) < 4.78 is 0. The summed E-state index contributed by atoms with van der Waals surface area (Å²) in [4.78, 5) is 45.5. The van der Waals surface area contributed by atoms with Crippen molar-refractivity contribution in [3.63, 3.8) is 0 Å². The van der Waals surface area contributed by atoms with Crippen molar-refractivity contribution in [3.8, 4) is 0 Å². The second-order valence-corrected chi connectivity index (χ2v) is 4.46. The van der Waals surface area contributed by atoms with Crippen LogP contribution in [0.25, 0.3) is 0 Å². The molecule has 0 radical (unpaired) electrons. The quantitative estimate of drug-likeness (QED) is 0.386. The van der Waals surface area contributed by atoms with E-state index in [2.05, 4.69) is 21.3 Å². The van der Waals surface area contributed by atoms with Gasteiger partial charge in [0.1, 0.15) is 12.8 Å². The SMILES string of the molecule is O=C1CC(=O)NCCCNC(=O)CC(=O)NCCCN1. The van der Waals surface area contributed by atoms with Gasteiger partial charge >= 0.3 is 0 Å². The topological polar surface area (TPSA) is 116 Å². The number of carbonyl (C=O) groups is 4. The fraction of sp³-hybridized carbons (Fsp3) is 0.667. The van der Waals surface area contributed by atoms with Crippen LogP contribution in [0.4, 0.5) is 0 Å². The maximum absolute atomic E-state index is 11.4. The number of carbonyl (C=O) groups excluding carboxylic acids is 4. The summed E-state index contributed by atoms with van der Waals surface area (Å²) in [7, 11) is 0. The number of rotatable bonds is 0. The first-order chi connectivity index (χ1) is 9.58. The second kappa shape index (κ2) is 8.89. The maximum atomic E-state index is 11.4. The standard InChI is InChI=1S/C12H20N4O4/c17-9-7-11(19)15-5-2-6-16-12(20)8-10(18)14-4-1-3-13-9/h1-8H2,(H,13,17)(H,14,18)(H,15,19)(H,16,20). The average Bonchev–Trinajstić information content (AvgIpc) is 2.36. The summed E-state index contributed by atoms with van der Waals surface area (Å²) in [5.74, 6) is -1.35. The zero-order valence-corrected chi connectivity index (χ0v) is 11.3. The minimum Gasteiger partial charge on any atom is -0.356 e. The predicted octanol–water partition coefficient (Wildman–Crippen LogP) is -1.97. The Morgan fingerprint density at radius 2 is 0.750 bits per heavy atom. The molecule has 1 aliphatic rings. The van der Waals surface area contributed by atoms with E-state index in [1.54, 1.807) is 0 Å². The van der Waals surface area contributed by atoms with Gasteiger partial charge in [-0.2, -0.15) is 0 Å². The lowest BCUT2D eigenvalue weighted by Crippen LogP contribution is -2.37. The summed E-state index contributed by atoms with van der Waals surface area (Å²) in [6.07, 6.45) is 0.666. The Labute approximate surface area is 117 Å². The first-order valence-corrected chi connectivity index (χ1v) is 6.64.